The second-order valence-corrected chi connectivity index (χ2v) is 5.72. The Kier molecular flexibility index (Phi) is 14.6. The van der Waals surface area contributed by atoms with E-state index in [9.17, 15) is 28.8 Å². The molecule has 146 valence electrons. The number of unbranched alkanes of at least 4 members (excludes halogenated alkanes) is 5. The summed E-state index contributed by atoms with van der Waals surface area (Å²) >= 11 is 0. The zero-order valence-corrected chi connectivity index (χ0v) is 14.9. The Morgan fingerprint density at radius 3 is 1.04 bits per heavy atom. The van der Waals surface area contributed by atoms with Crippen LogP contribution < -0.4 is 0 Å². The van der Waals surface area contributed by atoms with E-state index in [0.717, 1.165) is 12.6 Å². The summed E-state index contributed by atoms with van der Waals surface area (Å²) < 4.78 is 9.21. The molecule has 0 aromatic heterocycles. The van der Waals surface area contributed by atoms with Gasteiger partial charge >= 0.3 is 23.9 Å². The standard InChI is InChI=1S/C18H26O8/c19-13-7-1-3-9-15(21)25-17(23)11-5-6-12-18(24)26-16(22)10-4-2-8-14-20/h13-14H,1-12H2. The highest BCUT2D eigenvalue weighted by Crippen LogP contribution is 2.06. The van der Waals surface area contributed by atoms with Crippen molar-refractivity contribution in [1.82, 2.24) is 0 Å². The normalized spacial score (nSPS) is 10.0. The minimum Gasteiger partial charge on any atom is -0.393 e. The molecule has 8 heteroatoms. The predicted molar refractivity (Wildman–Crippen MR) is 89.7 cm³/mol. The molecular formula is C18H26O8. The van der Waals surface area contributed by atoms with Gasteiger partial charge in [-0.1, -0.05) is 0 Å². The zero-order valence-electron chi connectivity index (χ0n) is 14.9. The van der Waals surface area contributed by atoms with E-state index in [2.05, 4.69) is 9.47 Å². The largest absolute Gasteiger partial charge is 0.393 e. The van der Waals surface area contributed by atoms with Crippen molar-refractivity contribution >= 4 is 36.4 Å². The van der Waals surface area contributed by atoms with Crippen LogP contribution in [0.3, 0.4) is 0 Å². The van der Waals surface area contributed by atoms with Crippen molar-refractivity contribution in [2.24, 2.45) is 0 Å². The third-order valence-corrected chi connectivity index (χ3v) is 3.37. The lowest BCUT2D eigenvalue weighted by molar-refractivity contribution is -0.162. The maximum absolute atomic E-state index is 11.4. The van der Waals surface area contributed by atoms with Gasteiger partial charge in [0.05, 0.1) is 0 Å². The molecule has 0 fully saturated rings. The van der Waals surface area contributed by atoms with E-state index in [1.807, 2.05) is 0 Å². The van der Waals surface area contributed by atoms with E-state index in [0.29, 0.717) is 51.4 Å². The number of hydrogen-bond acceptors (Lipinski definition) is 8. The zero-order chi connectivity index (χ0) is 19.6. The molecule has 0 amide bonds. The average molecular weight is 370 g/mol. The summed E-state index contributed by atoms with van der Waals surface area (Å²) in [5.74, 6) is -2.57. The van der Waals surface area contributed by atoms with Gasteiger partial charge < -0.3 is 19.1 Å². The summed E-state index contributed by atoms with van der Waals surface area (Å²) in [7, 11) is 0. The average Bonchev–Trinajstić information content (AvgIpc) is 2.59. The number of carbonyl (C=O) groups is 6. The lowest BCUT2D eigenvalue weighted by atomic mass is 10.2. The molecule has 0 radical (unpaired) electrons. The van der Waals surface area contributed by atoms with Gasteiger partial charge in [-0.15, -0.1) is 0 Å². The van der Waals surface area contributed by atoms with Gasteiger partial charge in [-0.3, -0.25) is 19.2 Å². The molecule has 0 aromatic rings. The molecule has 0 aliphatic rings. The van der Waals surface area contributed by atoms with Crippen LogP contribution in [-0.2, 0) is 38.2 Å². The van der Waals surface area contributed by atoms with Crippen LogP contribution in [0.5, 0.6) is 0 Å². The second kappa shape index (κ2) is 16.1. The summed E-state index contributed by atoms with van der Waals surface area (Å²) in [6.07, 6.45) is 5.22. The van der Waals surface area contributed by atoms with Crippen LogP contribution in [0.15, 0.2) is 0 Å². The van der Waals surface area contributed by atoms with Crippen LogP contribution in [0, 0.1) is 0 Å². The van der Waals surface area contributed by atoms with Gasteiger partial charge in [0.1, 0.15) is 12.6 Å². The molecular weight excluding hydrogens is 344 g/mol. The molecule has 0 aromatic carbocycles. The lowest BCUT2D eigenvalue weighted by Crippen LogP contribution is -2.13. The summed E-state index contributed by atoms with van der Waals surface area (Å²) in [6, 6.07) is 0. The predicted octanol–water partition coefficient (Wildman–Crippen LogP) is 2.21. The first kappa shape index (κ1) is 23.6. The summed E-state index contributed by atoms with van der Waals surface area (Å²) in [5, 5.41) is 0. The molecule has 8 nitrogen and oxygen atoms in total. The van der Waals surface area contributed by atoms with Crippen molar-refractivity contribution in [2.75, 3.05) is 0 Å². The minimum absolute atomic E-state index is 0.00694. The van der Waals surface area contributed by atoms with Gasteiger partial charge in [0.2, 0.25) is 0 Å². The van der Waals surface area contributed by atoms with E-state index >= 15 is 0 Å². The van der Waals surface area contributed by atoms with E-state index in [4.69, 9.17) is 0 Å². The Labute approximate surface area is 152 Å². The first-order chi connectivity index (χ1) is 12.5. The van der Waals surface area contributed by atoms with Crippen molar-refractivity contribution in [3.8, 4) is 0 Å². The molecule has 0 saturated carbocycles. The van der Waals surface area contributed by atoms with Crippen molar-refractivity contribution < 1.29 is 38.2 Å². The van der Waals surface area contributed by atoms with Crippen LogP contribution in [0.2, 0.25) is 0 Å². The smallest absolute Gasteiger partial charge is 0.313 e. The van der Waals surface area contributed by atoms with Gasteiger partial charge in [-0.05, 0) is 38.5 Å². The van der Waals surface area contributed by atoms with E-state index < -0.39 is 23.9 Å². The summed E-state index contributed by atoms with van der Waals surface area (Å²) in [5.41, 5.74) is 0. The first-order valence-corrected chi connectivity index (χ1v) is 8.84. The fraction of sp³-hybridized carbons (Fsp3) is 0.667. The highest BCUT2D eigenvalue weighted by Gasteiger charge is 2.12. The van der Waals surface area contributed by atoms with Gasteiger partial charge in [0.15, 0.2) is 0 Å². The topological polar surface area (TPSA) is 121 Å². The summed E-state index contributed by atoms with van der Waals surface area (Å²) in [6.45, 7) is 0. The third kappa shape index (κ3) is 15.2. The van der Waals surface area contributed by atoms with Crippen LogP contribution in [-0.4, -0.2) is 36.4 Å². The molecule has 0 heterocycles. The van der Waals surface area contributed by atoms with Crippen molar-refractivity contribution in [2.45, 2.75) is 77.0 Å². The van der Waals surface area contributed by atoms with Crippen LogP contribution in [0.1, 0.15) is 77.0 Å². The molecule has 0 aliphatic heterocycles. The highest BCUT2D eigenvalue weighted by atomic mass is 16.6. The number of aldehydes is 2. The Morgan fingerprint density at radius 2 is 0.769 bits per heavy atom. The molecule has 26 heavy (non-hydrogen) atoms. The van der Waals surface area contributed by atoms with Crippen LogP contribution in [0.25, 0.3) is 0 Å². The molecule has 0 aliphatic carbocycles. The van der Waals surface area contributed by atoms with Gasteiger partial charge in [-0.2, -0.15) is 0 Å². The third-order valence-electron chi connectivity index (χ3n) is 3.37. The Balaban J connectivity index is 3.67. The lowest BCUT2D eigenvalue weighted by Gasteiger charge is -2.04. The summed E-state index contributed by atoms with van der Waals surface area (Å²) in [4.78, 5) is 65.8. The molecule has 0 spiro atoms. The van der Waals surface area contributed by atoms with Crippen LogP contribution >= 0.6 is 0 Å². The van der Waals surface area contributed by atoms with Gasteiger partial charge in [-0.25, -0.2) is 0 Å². The minimum atomic E-state index is -0.662. The van der Waals surface area contributed by atoms with E-state index in [1.54, 1.807) is 0 Å². The Bertz CT molecular complexity index is 440. The van der Waals surface area contributed by atoms with Crippen molar-refractivity contribution in [3.05, 3.63) is 0 Å². The van der Waals surface area contributed by atoms with Crippen molar-refractivity contribution in [3.63, 3.8) is 0 Å². The van der Waals surface area contributed by atoms with E-state index in [1.165, 1.54) is 0 Å². The Morgan fingerprint density at radius 1 is 0.500 bits per heavy atom. The molecule has 0 unspecified atom stereocenters. The van der Waals surface area contributed by atoms with Crippen molar-refractivity contribution in [1.29, 1.82) is 0 Å². The van der Waals surface area contributed by atoms with Gasteiger partial charge in [0, 0.05) is 38.5 Å². The number of ether oxygens (including phenoxy) is 2. The first-order valence-electron chi connectivity index (χ1n) is 8.84. The number of rotatable bonds is 15. The van der Waals surface area contributed by atoms with Crippen LogP contribution in [0.4, 0.5) is 0 Å². The molecule has 0 atom stereocenters. The highest BCUT2D eigenvalue weighted by molar-refractivity contribution is 5.86. The molecule has 0 saturated heterocycles. The molecule has 0 bridgehead atoms. The fourth-order valence-corrected chi connectivity index (χ4v) is 1.99. The number of carbonyl (C=O) groups excluding carboxylic acids is 6. The van der Waals surface area contributed by atoms with Gasteiger partial charge in [0.25, 0.3) is 0 Å². The SMILES string of the molecule is O=CCCCCC(=O)OC(=O)CCCCC(=O)OC(=O)CCCCC=O. The molecule has 0 rings (SSSR count). The number of hydrogen-bond donors (Lipinski definition) is 0. The number of esters is 4. The second-order valence-electron chi connectivity index (χ2n) is 5.72. The van der Waals surface area contributed by atoms with E-state index in [-0.39, 0.29) is 25.7 Å². The monoisotopic (exact) mass is 370 g/mol. The maximum atomic E-state index is 11.4. The molecule has 0 N–H and O–H groups in total. The quantitative estimate of drug-likeness (QED) is 0.186. The Hall–Kier alpha value is -2.38. The maximum Gasteiger partial charge on any atom is 0.313 e. The fourth-order valence-electron chi connectivity index (χ4n) is 1.99.